The van der Waals surface area contributed by atoms with Crippen LogP contribution >= 0.6 is 0 Å². The normalized spacial score (nSPS) is 30.8. The zero-order valence-electron chi connectivity index (χ0n) is 12.4. The third kappa shape index (κ3) is 3.09. The average molecular weight is 282 g/mol. The first-order chi connectivity index (χ1) is 9.59. The summed E-state index contributed by atoms with van der Waals surface area (Å²) in [6, 6.07) is -0.0830. The van der Waals surface area contributed by atoms with Gasteiger partial charge in [0, 0.05) is 24.9 Å². The maximum absolute atomic E-state index is 11.9. The number of amides is 2. The molecule has 2 N–H and O–H groups in total. The van der Waals surface area contributed by atoms with Crippen LogP contribution in [0.15, 0.2) is 0 Å². The van der Waals surface area contributed by atoms with Crippen LogP contribution in [0.5, 0.6) is 0 Å². The van der Waals surface area contributed by atoms with Crippen LogP contribution in [-0.4, -0.2) is 36.6 Å². The molecule has 1 atom stereocenters. The number of urea groups is 1. The second kappa shape index (κ2) is 5.53. The highest BCUT2D eigenvalue weighted by molar-refractivity contribution is 5.74. The van der Waals surface area contributed by atoms with Crippen molar-refractivity contribution in [3.05, 3.63) is 0 Å². The van der Waals surface area contributed by atoms with E-state index in [1.807, 2.05) is 0 Å². The van der Waals surface area contributed by atoms with Crippen molar-refractivity contribution in [1.29, 1.82) is 0 Å². The SMILES string of the molecule is CC1(NC(=O)NC[C@H]2COC3(CCCCC3)O2)CCC1. The van der Waals surface area contributed by atoms with Gasteiger partial charge in [0.25, 0.3) is 0 Å². The summed E-state index contributed by atoms with van der Waals surface area (Å²) in [5.74, 6) is -0.346. The van der Waals surface area contributed by atoms with Crippen molar-refractivity contribution in [2.75, 3.05) is 13.2 Å². The summed E-state index contributed by atoms with van der Waals surface area (Å²) >= 11 is 0. The third-order valence-electron chi connectivity index (χ3n) is 4.89. The summed E-state index contributed by atoms with van der Waals surface area (Å²) in [5.41, 5.74) is 0.00170. The van der Waals surface area contributed by atoms with Gasteiger partial charge in [-0.25, -0.2) is 4.79 Å². The first kappa shape index (κ1) is 14.1. The van der Waals surface area contributed by atoms with Crippen LogP contribution in [0, 0.1) is 0 Å². The van der Waals surface area contributed by atoms with Gasteiger partial charge in [0.15, 0.2) is 5.79 Å². The molecule has 0 aromatic rings. The minimum Gasteiger partial charge on any atom is -0.347 e. The van der Waals surface area contributed by atoms with Crippen molar-refractivity contribution in [3.63, 3.8) is 0 Å². The second-order valence-electron chi connectivity index (χ2n) is 6.77. The number of rotatable bonds is 3. The van der Waals surface area contributed by atoms with Crippen LogP contribution in [-0.2, 0) is 9.47 Å². The van der Waals surface area contributed by atoms with Crippen molar-refractivity contribution in [2.45, 2.75) is 75.7 Å². The summed E-state index contributed by atoms with van der Waals surface area (Å²) in [6.45, 7) is 3.23. The molecule has 1 aliphatic heterocycles. The first-order valence-corrected chi connectivity index (χ1v) is 7.97. The number of carbonyl (C=O) groups excluding carboxylic acids is 1. The number of carbonyl (C=O) groups is 1. The van der Waals surface area contributed by atoms with Crippen LogP contribution in [0.2, 0.25) is 0 Å². The van der Waals surface area contributed by atoms with Gasteiger partial charge in [-0.3, -0.25) is 0 Å². The standard InChI is InChI=1S/C15H26N2O3/c1-14(6-5-7-14)17-13(18)16-10-12-11-19-15(20-12)8-3-2-4-9-15/h12H,2-11H2,1H3,(H2,16,17,18)/t12-/m0/s1. The second-order valence-corrected chi connectivity index (χ2v) is 6.77. The maximum Gasteiger partial charge on any atom is 0.315 e. The van der Waals surface area contributed by atoms with Crippen LogP contribution in [0.1, 0.15) is 58.3 Å². The third-order valence-corrected chi connectivity index (χ3v) is 4.89. The molecule has 0 aromatic heterocycles. The van der Waals surface area contributed by atoms with E-state index < -0.39 is 0 Å². The van der Waals surface area contributed by atoms with E-state index in [2.05, 4.69) is 17.6 Å². The Balaban J connectivity index is 1.39. The molecule has 2 amide bonds. The quantitative estimate of drug-likeness (QED) is 0.835. The number of hydrogen-bond donors (Lipinski definition) is 2. The Morgan fingerprint density at radius 2 is 1.90 bits per heavy atom. The molecular weight excluding hydrogens is 256 g/mol. The molecule has 5 heteroatoms. The van der Waals surface area contributed by atoms with Gasteiger partial charge in [-0.2, -0.15) is 0 Å². The van der Waals surface area contributed by atoms with Crippen LogP contribution in [0.25, 0.3) is 0 Å². The van der Waals surface area contributed by atoms with Gasteiger partial charge < -0.3 is 20.1 Å². The highest BCUT2D eigenvalue weighted by Gasteiger charge is 2.42. The molecule has 3 rings (SSSR count). The molecule has 2 saturated carbocycles. The average Bonchev–Trinajstić information content (AvgIpc) is 2.78. The van der Waals surface area contributed by atoms with Gasteiger partial charge in [0.1, 0.15) is 6.10 Å². The maximum atomic E-state index is 11.9. The van der Waals surface area contributed by atoms with E-state index in [1.165, 1.54) is 25.7 Å². The van der Waals surface area contributed by atoms with Crippen molar-refractivity contribution in [3.8, 4) is 0 Å². The number of hydrogen-bond acceptors (Lipinski definition) is 3. The van der Waals surface area contributed by atoms with Crippen molar-refractivity contribution < 1.29 is 14.3 Å². The summed E-state index contributed by atoms with van der Waals surface area (Å²) in [6.07, 6.45) is 8.98. The molecule has 20 heavy (non-hydrogen) atoms. The number of nitrogens with one attached hydrogen (secondary N) is 2. The molecule has 0 bridgehead atoms. The van der Waals surface area contributed by atoms with Gasteiger partial charge >= 0.3 is 6.03 Å². The first-order valence-electron chi connectivity index (χ1n) is 7.97. The predicted molar refractivity (Wildman–Crippen MR) is 75.4 cm³/mol. The lowest BCUT2D eigenvalue weighted by Gasteiger charge is -2.39. The van der Waals surface area contributed by atoms with Gasteiger partial charge in [-0.15, -0.1) is 0 Å². The fourth-order valence-electron chi connectivity index (χ4n) is 3.43. The minimum atomic E-state index is -0.346. The molecule has 0 radical (unpaired) electrons. The lowest BCUT2D eigenvalue weighted by Crippen LogP contribution is -2.55. The van der Waals surface area contributed by atoms with E-state index in [9.17, 15) is 4.79 Å². The molecule has 114 valence electrons. The van der Waals surface area contributed by atoms with Gasteiger partial charge in [-0.1, -0.05) is 6.42 Å². The zero-order valence-corrected chi connectivity index (χ0v) is 12.4. The highest BCUT2D eigenvalue weighted by atomic mass is 16.7. The lowest BCUT2D eigenvalue weighted by atomic mass is 9.79. The molecule has 3 aliphatic rings. The van der Waals surface area contributed by atoms with E-state index in [1.54, 1.807) is 0 Å². The lowest BCUT2D eigenvalue weighted by molar-refractivity contribution is -0.186. The molecule has 0 aromatic carbocycles. The summed E-state index contributed by atoms with van der Waals surface area (Å²) in [5, 5.41) is 5.96. The van der Waals surface area contributed by atoms with E-state index in [-0.39, 0.29) is 23.5 Å². The monoisotopic (exact) mass is 282 g/mol. The van der Waals surface area contributed by atoms with Gasteiger partial charge in [-0.05, 0) is 39.0 Å². The summed E-state index contributed by atoms with van der Waals surface area (Å²) in [7, 11) is 0. The summed E-state index contributed by atoms with van der Waals surface area (Å²) in [4.78, 5) is 11.9. The predicted octanol–water partition coefficient (Wildman–Crippen LogP) is 2.30. The van der Waals surface area contributed by atoms with Crippen LogP contribution < -0.4 is 10.6 Å². The Hall–Kier alpha value is -0.810. The molecule has 3 fully saturated rings. The Labute approximate surface area is 120 Å². The molecule has 0 unspecified atom stereocenters. The Kier molecular flexibility index (Phi) is 3.91. The fourth-order valence-corrected chi connectivity index (χ4v) is 3.43. The van der Waals surface area contributed by atoms with Crippen molar-refractivity contribution in [2.24, 2.45) is 0 Å². The highest BCUT2D eigenvalue weighted by Crippen LogP contribution is 2.37. The van der Waals surface area contributed by atoms with Crippen LogP contribution in [0.4, 0.5) is 4.79 Å². The molecule has 2 aliphatic carbocycles. The van der Waals surface area contributed by atoms with E-state index in [0.717, 1.165) is 25.7 Å². The summed E-state index contributed by atoms with van der Waals surface area (Å²) < 4.78 is 11.9. The minimum absolute atomic E-state index is 0.00170. The zero-order chi connectivity index (χ0) is 14.1. The molecule has 1 spiro atoms. The Bertz CT molecular complexity index is 362. The van der Waals surface area contributed by atoms with Crippen molar-refractivity contribution in [1.82, 2.24) is 10.6 Å². The topological polar surface area (TPSA) is 59.6 Å². The van der Waals surface area contributed by atoms with Gasteiger partial charge in [0.2, 0.25) is 0 Å². The fraction of sp³-hybridized carbons (Fsp3) is 0.933. The largest absolute Gasteiger partial charge is 0.347 e. The Morgan fingerprint density at radius 3 is 2.55 bits per heavy atom. The van der Waals surface area contributed by atoms with E-state index in [0.29, 0.717) is 13.2 Å². The Morgan fingerprint density at radius 1 is 1.15 bits per heavy atom. The van der Waals surface area contributed by atoms with Crippen molar-refractivity contribution >= 4 is 6.03 Å². The number of ether oxygens (including phenoxy) is 2. The molecule has 5 nitrogen and oxygen atoms in total. The van der Waals surface area contributed by atoms with Crippen LogP contribution in [0.3, 0.4) is 0 Å². The van der Waals surface area contributed by atoms with E-state index >= 15 is 0 Å². The van der Waals surface area contributed by atoms with E-state index in [4.69, 9.17) is 9.47 Å². The smallest absolute Gasteiger partial charge is 0.315 e. The molecular formula is C15H26N2O3. The molecule has 1 heterocycles. The van der Waals surface area contributed by atoms with Gasteiger partial charge in [0.05, 0.1) is 6.61 Å². The molecule has 1 saturated heterocycles.